The number of amides is 2. The van der Waals surface area contributed by atoms with Crippen LogP contribution < -0.4 is 14.8 Å². The van der Waals surface area contributed by atoms with E-state index in [0.29, 0.717) is 6.54 Å². The smallest absolute Gasteiger partial charge is 0.242 e. The molecule has 2 aromatic rings. The van der Waals surface area contributed by atoms with Crippen LogP contribution in [0, 0.1) is 0 Å². The topological polar surface area (TPSA) is 67.9 Å². The van der Waals surface area contributed by atoms with Crippen molar-refractivity contribution in [2.75, 3.05) is 14.2 Å². The molecule has 2 aromatic carbocycles. The van der Waals surface area contributed by atoms with Crippen molar-refractivity contribution in [3.8, 4) is 11.5 Å². The minimum atomic E-state index is -0.591. The zero-order valence-electron chi connectivity index (χ0n) is 18.5. The predicted octanol–water partition coefficient (Wildman–Crippen LogP) is 3.58. The standard InChI is InChI=1S/C24H32N2O4/c1-6-17(2)25-24(28)18(3)26(16-20-9-13-22(30-5)14-10-20)23(27)15-19-7-11-21(29-4)12-8-19/h7-14,17-18H,6,15-16H2,1-5H3,(H,25,28)/t17-,18-/m1/s1. The van der Waals surface area contributed by atoms with Gasteiger partial charge in [-0.1, -0.05) is 31.2 Å². The van der Waals surface area contributed by atoms with Gasteiger partial charge in [0, 0.05) is 12.6 Å². The lowest BCUT2D eigenvalue weighted by molar-refractivity contribution is -0.140. The number of nitrogens with zero attached hydrogens (tertiary/aromatic N) is 1. The lowest BCUT2D eigenvalue weighted by atomic mass is 10.1. The number of ether oxygens (including phenoxy) is 2. The summed E-state index contributed by atoms with van der Waals surface area (Å²) in [6.45, 7) is 6.08. The Kier molecular flexibility index (Phi) is 8.71. The molecule has 0 heterocycles. The van der Waals surface area contributed by atoms with Crippen LogP contribution in [0.1, 0.15) is 38.3 Å². The molecule has 6 nitrogen and oxygen atoms in total. The van der Waals surface area contributed by atoms with Crippen LogP contribution in [0.2, 0.25) is 0 Å². The summed E-state index contributed by atoms with van der Waals surface area (Å²) < 4.78 is 10.4. The Morgan fingerprint density at radius 1 is 0.900 bits per heavy atom. The van der Waals surface area contributed by atoms with E-state index in [9.17, 15) is 9.59 Å². The second-order valence-corrected chi connectivity index (χ2v) is 7.39. The fourth-order valence-electron chi connectivity index (χ4n) is 3.00. The van der Waals surface area contributed by atoms with Crippen molar-refractivity contribution in [1.29, 1.82) is 0 Å². The molecule has 0 radical (unpaired) electrons. The third-order valence-electron chi connectivity index (χ3n) is 5.19. The van der Waals surface area contributed by atoms with Crippen LogP contribution in [-0.2, 0) is 22.6 Å². The fourth-order valence-corrected chi connectivity index (χ4v) is 3.00. The van der Waals surface area contributed by atoms with Gasteiger partial charge in [-0.05, 0) is 55.7 Å². The highest BCUT2D eigenvalue weighted by Gasteiger charge is 2.26. The Bertz CT molecular complexity index is 818. The molecule has 0 aromatic heterocycles. The van der Waals surface area contributed by atoms with Crippen LogP contribution in [0.4, 0.5) is 0 Å². The van der Waals surface area contributed by atoms with E-state index >= 15 is 0 Å². The van der Waals surface area contributed by atoms with Crippen molar-refractivity contribution >= 4 is 11.8 Å². The minimum absolute atomic E-state index is 0.0551. The van der Waals surface area contributed by atoms with E-state index in [1.807, 2.05) is 62.4 Å². The summed E-state index contributed by atoms with van der Waals surface area (Å²) in [5, 5.41) is 2.98. The first-order valence-corrected chi connectivity index (χ1v) is 10.2. The lowest BCUT2D eigenvalue weighted by Gasteiger charge is -2.30. The largest absolute Gasteiger partial charge is 0.497 e. The molecule has 6 heteroatoms. The molecule has 30 heavy (non-hydrogen) atoms. The number of carbonyl (C=O) groups excluding carboxylic acids is 2. The molecule has 0 aliphatic carbocycles. The monoisotopic (exact) mass is 412 g/mol. The van der Waals surface area contributed by atoms with Gasteiger partial charge < -0.3 is 19.7 Å². The molecule has 0 bridgehead atoms. The lowest BCUT2D eigenvalue weighted by Crippen LogP contribution is -2.49. The second kappa shape index (κ2) is 11.2. The van der Waals surface area contributed by atoms with E-state index in [1.54, 1.807) is 26.0 Å². The molecule has 0 saturated carbocycles. The Morgan fingerprint density at radius 2 is 1.40 bits per heavy atom. The van der Waals surface area contributed by atoms with Crippen molar-refractivity contribution in [2.24, 2.45) is 0 Å². The van der Waals surface area contributed by atoms with Crippen LogP contribution in [0.3, 0.4) is 0 Å². The van der Waals surface area contributed by atoms with E-state index in [2.05, 4.69) is 5.32 Å². The molecule has 1 N–H and O–H groups in total. The third kappa shape index (κ3) is 6.51. The molecule has 0 fully saturated rings. The van der Waals surface area contributed by atoms with E-state index in [1.165, 1.54) is 0 Å². The maximum Gasteiger partial charge on any atom is 0.242 e. The summed E-state index contributed by atoms with van der Waals surface area (Å²) in [5.74, 6) is 1.23. The molecule has 0 saturated heterocycles. The number of methoxy groups -OCH3 is 2. The molecule has 2 atom stereocenters. The Balaban J connectivity index is 2.20. The molecule has 162 valence electrons. The number of carbonyl (C=O) groups is 2. The molecule has 0 aliphatic heterocycles. The van der Waals surface area contributed by atoms with Crippen LogP contribution in [-0.4, -0.2) is 43.0 Å². The van der Waals surface area contributed by atoms with Crippen molar-refractivity contribution in [3.63, 3.8) is 0 Å². The SMILES string of the molecule is CC[C@@H](C)NC(=O)[C@@H](C)N(Cc1ccc(OC)cc1)C(=O)Cc1ccc(OC)cc1. The van der Waals surface area contributed by atoms with E-state index < -0.39 is 6.04 Å². The number of nitrogens with one attached hydrogen (secondary N) is 1. The van der Waals surface area contributed by atoms with Gasteiger partial charge in [0.25, 0.3) is 0 Å². The van der Waals surface area contributed by atoms with Crippen LogP contribution in [0.5, 0.6) is 11.5 Å². The quantitative estimate of drug-likeness (QED) is 0.648. The van der Waals surface area contributed by atoms with Crippen molar-refractivity contribution in [3.05, 3.63) is 59.7 Å². The molecular weight excluding hydrogens is 380 g/mol. The van der Waals surface area contributed by atoms with Crippen molar-refractivity contribution in [1.82, 2.24) is 10.2 Å². The van der Waals surface area contributed by atoms with Crippen molar-refractivity contribution in [2.45, 2.75) is 52.2 Å². The van der Waals surface area contributed by atoms with Gasteiger partial charge in [-0.3, -0.25) is 9.59 Å². The summed E-state index contributed by atoms with van der Waals surface area (Å²) in [5.41, 5.74) is 1.80. The highest BCUT2D eigenvalue weighted by molar-refractivity contribution is 5.88. The van der Waals surface area contributed by atoms with Gasteiger partial charge in [0.15, 0.2) is 0 Å². The Hall–Kier alpha value is -3.02. The zero-order chi connectivity index (χ0) is 22.1. The van der Waals surface area contributed by atoms with Gasteiger partial charge in [0.2, 0.25) is 11.8 Å². The van der Waals surface area contributed by atoms with Crippen molar-refractivity contribution < 1.29 is 19.1 Å². The summed E-state index contributed by atoms with van der Waals surface area (Å²) >= 11 is 0. The molecule has 2 amide bonds. The zero-order valence-corrected chi connectivity index (χ0v) is 18.5. The highest BCUT2D eigenvalue weighted by atomic mass is 16.5. The maximum absolute atomic E-state index is 13.2. The van der Waals surface area contributed by atoms with Gasteiger partial charge in [-0.15, -0.1) is 0 Å². The number of rotatable bonds is 10. The average Bonchev–Trinajstić information content (AvgIpc) is 2.77. The summed E-state index contributed by atoms with van der Waals surface area (Å²) in [6.07, 6.45) is 1.04. The molecule has 0 unspecified atom stereocenters. The molecular formula is C24H32N2O4. The van der Waals surface area contributed by atoms with Crippen LogP contribution in [0.25, 0.3) is 0 Å². The van der Waals surface area contributed by atoms with Gasteiger partial charge in [-0.2, -0.15) is 0 Å². The minimum Gasteiger partial charge on any atom is -0.497 e. The first-order valence-electron chi connectivity index (χ1n) is 10.2. The number of benzene rings is 2. The predicted molar refractivity (Wildman–Crippen MR) is 118 cm³/mol. The van der Waals surface area contributed by atoms with E-state index in [4.69, 9.17) is 9.47 Å². The van der Waals surface area contributed by atoms with Gasteiger partial charge in [-0.25, -0.2) is 0 Å². The number of hydrogen-bond donors (Lipinski definition) is 1. The van der Waals surface area contributed by atoms with Gasteiger partial charge in [0.1, 0.15) is 17.5 Å². The molecule has 2 rings (SSSR count). The summed E-state index contributed by atoms with van der Waals surface area (Å²) in [7, 11) is 3.22. The van der Waals surface area contributed by atoms with Crippen LogP contribution >= 0.6 is 0 Å². The van der Waals surface area contributed by atoms with Gasteiger partial charge in [0.05, 0.1) is 20.6 Å². The second-order valence-electron chi connectivity index (χ2n) is 7.39. The first kappa shape index (κ1) is 23.3. The van der Waals surface area contributed by atoms with Gasteiger partial charge >= 0.3 is 0 Å². The first-order chi connectivity index (χ1) is 14.4. The average molecular weight is 413 g/mol. The third-order valence-corrected chi connectivity index (χ3v) is 5.19. The number of hydrogen-bond acceptors (Lipinski definition) is 4. The van der Waals surface area contributed by atoms with E-state index in [-0.39, 0.29) is 24.3 Å². The molecule has 0 aliphatic rings. The Morgan fingerprint density at radius 3 is 1.87 bits per heavy atom. The van der Waals surface area contributed by atoms with Crippen LogP contribution in [0.15, 0.2) is 48.5 Å². The summed E-state index contributed by atoms with van der Waals surface area (Å²) in [4.78, 5) is 27.6. The molecule has 0 spiro atoms. The summed E-state index contributed by atoms with van der Waals surface area (Å²) in [6, 6.07) is 14.4. The normalized spacial score (nSPS) is 12.6. The maximum atomic E-state index is 13.2. The fraction of sp³-hybridized carbons (Fsp3) is 0.417. The highest BCUT2D eigenvalue weighted by Crippen LogP contribution is 2.17. The van der Waals surface area contributed by atoms with E-state index in [0.717, 1.165) is 29.0 Å². The Labute approximate surface area is 179 Å².